The Hall–Kier alpha value is -5.80. The lowest BCUT2D eigenvalue weighted by atomic mass is 10.0. The third kappa shape index (κ3) is 4.66. The molecule has 0 N–H and O–H groups in total. The first-order valence-electron chi connectivity index (χ1n) is 16.6. The fourth-order valence-corrected chi connectivity index (χ4v) is 7.30. The molecule has 228 valence electrons. The van der Waals surface area contributed by atoms with Gasteiger partial charge in [0.1, 0.15) is 0 Å². The lowest BCUT2D eigenvalue weighted by molar-refractivity contribution is 0.887. The van der Waals surface area contributed by atoms with Crippen molar-refractivity contribution < 1.29 is 0 Å². The van der Waals surface area contributed by atoms with Gasteiger partial charge in [0, 0.05) is 44.9 Å². The van der Waals surface area contributed by atoms with Crippen LogP contribution in [0, 0.1) is 0 Å². The lowest BCUT2D eigenvalue weighted by Crippen LogP contribution is -2.13. The standard InChI is InChI=1S/C42H31N3.C2H6/c1-29-14-12-13-25-43(38-20-7-2-15-33(29)38)30-26-31(44-39-21-8-3-16-34(39)35-17-4-9-22-40(35)44)28-32(27-30)45-41-23-10-5-18-36(41)37-19-6-11-24-42(37)45;1-2/h2-10,12-23,25-28H,1,11,24H2;1-2H3/b14-12-,25-13-;. The summed E-state index contributed by atoms with van der Waals surface area (Å²) in [5, 5.41) is 3.81. The van der Waals surface area contributed by atoms with Crippen molar-refractivity contribution in [3.8, 4) is 11.4 Å². The molecule has 0 bridgehead atoms. The number of para-hydroxylation sites is 4. The van der Waals surface area contributed by atoms with Crippen LogP contribution in [0.5, 0.6) is 0 Å². The number of hydrogen-bond donors (Lipinski definition) is 0. The van der Waals surface area contributed by atoms with Crippen molar-refractivity contribution in [2.24, 2.45) is 0 Å². The molecule has 2 aromatic heterocycles. The van der Waals surface area contributed by atoms with E-state index in [4.69, 9.17) is 0 Å². The van der Waals surface area contributed by atoms with E-state index in [9.17, 15) is 0 Å². The second kappa shape index (κ2) is 11.9. The van der Waals surface area contributed by atoms with Crippen LogP contribution < -0.4 is 4.90 Å². The van der Waals surface area contributed by atoms with Crippen molar-refractivity contribution in [1.29, 1.82) is 0 Å². The highest BCUT2D eigenvalue weighted by Gasteiger charge is 2.22. The first kappa shape index (κ1) is 28.7. The quantitative estimate of drug-likeness (QED) is 0.195. The van der Waals surface area contributed by atoms with Gasteiger partial charge < -0.3 is 14.0 Å². The minimum atomic E-state index is 0.996. The molecule has 2 aliphatic rings. The fourth-order valence-electron chi connectivity index (χ4n) is 7.30. The molecule has 0 saturated carbocycles. The minimum Gasteiger partial charge on any atom is -0.316 e. The fraction of sp³-hybridized carbons (Fsp3) is 0.0909. The molecule has 9 rings (SSSR count). The van der Waals surface area contributed by atoms with Crippen molar-refractivity contribution in [1.82, 2.24) is 9.13 Å². The van der Waals surface area contributed by atoms with Gasteiger partial charge in [0.15, 0.2) is 0 Å². The van der Waals surface area contributed by atoms with E-state index in [0.717, 1.165) is 46.7 Å². The number of hydrogen-bond acceptors (Lipinski definition) is 1. The van der Waals surface area contributed by atoms with Gasteiger partial charge in [-0.25, -0.2) is 0 Å². The monoisotopic (exact) mass is 607 g/mol. The molecule has 0 atom stereocenters. The zero-order valence-electron chi connectivity index (χ0n) is 26.9. The van der Waals surface area contributed by atoms with Gasteiger partial charge in [-0.15, -0.1) is 0 Å². The van der Waals surface area contributed by atoms with E-state index in [1.807, 2.05) is 13.8 Å². The van der Waals surface area contributed by atoms with Gasteiger partial charge in [-0.2, -0.15) is 0 Å². The van der Waals surface area contributed by atoms with Crippen LogP contribution in [-0.2, 0) is 6.42 Å². The predicted molar refractivity (Wildman–Crippen MR) is 202 cm³/mol. The Balaban J connectivity index is 0.00000159. The summed E-state index contributed by atoms with van der Waals surface area (Å²) in [4.78, 5) is 2.31. The highest BCUT2D eigenvalue weighted by atomic mass is 15.1. The molecule has 0 amide bonds. The Kier molecular flexibility index (Phi) is 7.23. The number of anilines is 2. The zero-order chi connectivity index (χ0) is 31.9. The van der Waals surface area contributed by atoms with Crippen molar-refractivity contribution in [3.63, 3.8) is 0 Å². The summed E-state index contributed by atoms with van der Waals surface area (Å²) in [6.45, 7) is 8.39. The number of nitrogens with zero attached hydrogens (tertiary/aromatic N) is 3. The van der Waals surface area contributed by atoms with Gasteiger partial charge in [-0.05, 0) is 67.0 Å². The van der Waals surface area contributed by atoms with Crippen LogP contribution in [0.1, 0.15) is 37.1 Å². The summed E-state index contributed by atoms with van der Waals surface area (Å²) < 4.78 is 4.92. The first-order valence-corrected chi connectivity index (χ1v) is 16.6. The van der Waals surface area contributed by atoms with Crippen LogP contribution in [0.2, 0.25) is 0 Å². The lowest BCUT2D eigenvalue weighted by Gasteiger charge is -2.27. The van der Waals surface area contributed by atoms with E-state index in [1.54, 1.807) is 0 Å². The smallest absolute Gasteiger partial charge is 0.0541 e. The molecule has 1 aliphatic carbocycles. The molecular formula is C44H37N3. The summed E-state index contributed by atoms with van der Waals surface area (Å²) in [5.41, 5.74) is 12.9. The van der Waals surface area contributed by atoms with Gasteiger partial charge in [0.25, 0.3) is 0 Å². The minimum absolute atomic E-state index is 0.996. The predicted octanol–water partition coefficient (Wildman–Crippen LogP) is 11.9. The van der Waals surface area contributed by atoms with Crippen LogP contribution in [-0.4, -0.2) is 9.13 Å². The molecule has 1 aliphatic heterocycles. The maximum absolute atomic E-state index is 4.39. The topological polar surface area (TPSA) is 13.1 Å². The molecule has 3 heteroatoms. The Morgan fingerprint density at radius 1 is 0.574 bits per heavy atom. The van der Waals surface area contributed by atoms with Crippen LogP contribution in [0.15, 0.2) is 152 Å². The van der Waals surface area contributed by atoms with E-state index in [-0.39, 0.29) is 0 Å². The average molecular weight is 608 g/mol. The summed E-state index contributed by atoms with van der Waals surface area (Å²) in [7, 11) is 0. The Morgan fingerprint density at radius 3 is 1.87 bits per heavy atom. The van der Waals surface area contributed by atoms with Crippen molar-refractivity contribution in [2.45, 2.75) is 26.7 Å². The molecule has 3 heterocycles. The highest BCUT2D eigenvalue weighted by Crippen LogP contribution is 2.41. The molecule has 0 saturated heterocycles. The Bertz CT molecular complexity index is 2360. The van der Waals surface area contributed by atoms with Crippen LogP contribution in [0.25, 0.3) is 55.7 Å². The van der Waals surface area contributed by atoms with Gasteiger partial charge in [-0.3, -0.25) is 0 Å². The number of benzene rings is 5. The third-order valence-corrected chi connectivity index (χ3v) is 9.26. The number of aromatic nitrogens is 2. The number of fused-ring (bicyclic) bond motifs is 7. The summed E-state index contributed by atoms with van der Waals surface area (Å²) in [6.07, 6.45) is 15.1. The van der Waals surface area contributed by atoms with E-state index < -0.39 is 0 Å². The maximum atomic E-state index is 4.39. The highest BCUT2D eigenvalue weighted by molar-refractivity contribution is 6.09. The number of rotatable bonds is 3. The number of allylic oxidation sites excluding steroid dienone is 5. The molecule has 5 aromatic carbocycles. The third-order valence-electron chi connectivity index (χ3n) is 9.26. The van der Waals surface area contributed by atoms with Gasteiger partial charge >= 0.3 is 0 Å². The molecule has 0 unspecified atom stereocenters. The van der Waals surface area contributed by atoms with Gasteiger partial charge in [0.05, 0.1) is 33.6 Å². The van der Waals surface area contributed by atoms with E-state index in [0.29, 0.717) is 0 Å². The summed E-state index contributed by atoms with van der Waals surface area (Å²) >= 11 is 0. The first-order chi connectivity index (χ1) is 23.3. The molecule has 0 spiro atoms. The molecule has 0 radical (unpaired) electrons. The molecule has 0 fully saturated rings. The van der Waals surface area contributed by atoms with E-state index in [1.165, 1.54) is 44.0 Å². The average Bonchev–Trinajstić information content (AvgIpc) is 3.65. The summed E-state index contributed by atoms with van der Waals surface area (Å²) in [6, 6.07) is 41.9. The summed E-state index contributed by atoms with van der Waals surface area (Å²) in [5.74, 6) is 0. The molecule has 3 nitrogen and oxygen atoms in total. The largest absolute Gasteiger partial charge is 0.316 e. The van der Waals surface area contributed by atoms with Crippen LogP contribution >= 0.6 is 0 Å². The SMILES string of the molecule is C=C1/C=C\C=C/N(c2cc(-n3c4c(c5ccccc53)C=CCC4)cc(-n3c4ccccc4c4ccccc43)c2)c2ccccc21.CC. The Labute approximate surface area is 276 Å². The van der Waals surface area contributed by atoms with Crippen molar-refractivity contribution in [2.75, 3.05) is 4.90 Å². The second-order valence-corrected chi connectivity index (χ2v) is 11.8. The Morgan fingerprint density at radius 2 is 1.15 bits per heavy atom. The van der Waals surface area contributed by atoms with Crippen LogP contribution in [0.3, 0.4) is 0 Å². The van der Waals surface area contributed by atoms with E-state index in [2.05, 4.69) is 172 Å². The normalized spacial score (nSPS) is 15.1. The zero-order valence-corrected chi connectivity index (χ0v) is 26.9. The maximum Gasteiger partial charge on any atom is 0.0541 e. The van der Waals surface area contributed by atoms with Crippen LogP contribution in [0.4, 0.5) is 11.4 Å². The second-order valence-electron chi connectivity index (χ2n) is 11.8. The molecule has 7 aromatic rings. The van der Waals surface area contributed by atoms with Gasteiger partial charge in [-0.1, -0.05) is 118 Å². The van der Waals surface area contributed by atoms with Crippen molar-refractivity contribution >= 4 is 55.7 Å². The molecular weight excluding hydrogens is 571 g/mol. The molecule has 47 heavy (non-hydrogen) atoms. The van der Waals surface area contributed by atoms with E-state index >= 15 is 0 Å². The van der Waals surface area contributed by atoms with Crippen molar-refractivity contribution in [3.05, 3.63) is 169 Å². The van der Waals surface area contributed by atoms with Gasteiger partial charge in [0.2, 0.25) is 0 Å².